The second-order valence-electron chi connectivity index (χ2n) is 3.66. The molecule has 0 atom stereocenters. The molecule has 0 radical (unpaired) electrons. The lowest BCUT2D eigenvalue weighted by Crippen LogP contribution is -2.11. The van der Waals surface area contributed by atoms with Gasteiger partial charge in [-0.25, -0.2) is 0 Å². The highest BCUT2D eigenvalue weighted by molar-refractivity contribution is 9.10. The molecule has 1 aromatic carbocycles. The third kappa shape index (κ3) is 2.85. The number of anilines is 1. The molecular formula is C12H14BrN3. The molecule has 0 amide bonds. The number of hydrogen-bond acceptors (Lipinski definition) is 2. The lowest BCUT2D eigenvalue weighted by atomic mass is 10.2. The molecule has 3 nitrogen and oxygen atoms in total. The Morgan fingerprint density at radius 1 is 1.44 bits per heavy atom. The molecule has 0 fully saturated rings. The molecule has 84 valence electrons. The van der Waals surface area contributed by atoms with E-state index in [0.717, 1.165) is 17.6 Å². The summed E-state index contributed by atoms with van der Waals surface area (Å²) in [6.45, 7) is 3.85. The lowest BCUT2D eigenvalue weighted by molar-refractivity contribution is 0.638. The smallest absolute Gasteiger partial charge is 0.0582 e. The van der Waals surface area contributed by atoms with Gasteiger partial charge in [0.1, 0.15) is 0 Å². The highest BCUT2D eigenvalue weighted by atomic mass is 79.9. The fourth-order valence-corrected chi connectivity index (χ4v) is 2.04. The number of aryl methyl sites for hydroxylation is 1. The molecule has 4 heteroatoms. The number of hydrogen-bond donors (Lipinski definition) is 1. The third-order valence-electron chi connectivity index (χ3n) is 2.40. The summed E-state index contributed by atoms with van der Waals surface area (Å²) in [5, 5.41) is 7.55. The fourth-order valence-electron chi connectivity index (χ4n) is 1.56. The van der Waals surface area contributed by atoms with Crippen molar-refractivity contribution in [3.05, 3.63) is 46.7 Å². The van der Waals surface area contributed by atoms with Crippen LogP contribution in [0.4, 0.5) is 5.69 Å². The van der Waals surface area contributed by atoms with Crippen molar-refractivity contribution < 1.29 is 0 Å². The van der Waals surface area contributed by atoms with Gasteiger partial charge >= 0.3 is 0 Å². The van der Waals surface area contributed by atoms with Crippen molar-refractivity contribution in [1.82, 2.24) is 9.78 Å². The van der Waals surface area contributed by atoms with Crippen molar-refractivity contribution in [1.29, 1.82) is 0 Å². The summed E-state index contributed by atoms with van der Waals surface area (Å²) in [6.07, 6.45) is 3.76. The molecule has 0 aliphatic carbocycles. The van der Waals surface area contributed by atoms with Crippen molar-refractivity contribution in [3.8, 4) is 0 Å². The van der Waals surface area contributed by atoms with E-state index in [2.05, 4.69) is 45.4 Å². The molecule has 1 aromatic heterocycles. The van der Waals surface area contributed by atoms with Crippen LogP contribution in [0, 0.1) is 6.92 Å². The Balaban J connectivity index is 1.90. The normalized spacial score (nSPS) is 10.4. The van der Waals surface area contributed by atoms with Crippen molar-refractivity contribution >= 4 is 21.6 Å². The van der Waals surface area contributed by atoms with Crippen LogP contribution in [-0.2, 0) is 6.54 Å². The van der Waals surface area contributed by atoms with E-state index in [1.807, 2.05) is 23.0 Å². The van der Waals surface area contributed by atoms with Crippen LogP contribution in [-0.4, -0.2) is 16.3 Å². The van der Waals surface area contributed by atoms with Crippen molar-refractivity contribution in [3.63, 3.8) is 0 Å². The molecule has 0 unspecified atom stereocenters. The molecule has 0 aliphatic rings. The first kappa shape index (κ1) is 11.2. The molecule has 0 saturated carbocycles. The van der Waals surface area contributed by atoms with Gasteiger partial charge in [-0.3, -0.25) is 4.68 Å². The number of benzene rings is 1. The summed E-state index contributed by atoms with van der Waals surface area (Å²) in [7, 11) is 0. The van der Waals surface area contributed by atoms with Crippen LogP contribution in [0.5, 0.6) is 0 Å². The third-order valence-corrected chi connectivity index (χ3v) is 2.90. The zero-order chi connectivity index (χ0) is 11.4. The molecule has 0 saturated heterocycles. The Hall–Kier alpha value is -1.29. The Morgan fingerprint density at radius 2 is 2.31 bits per heavy atom. The van der Waals surface area contributed by atoms with Crippen molar-refractivity contribution in [2.75, 3.05) is 11.9 Å². The van der Waals surface area contributed by atoms with E-state index in [1.165, 1.54) is 11.3 Å². The molecule has 1 heterocycles. The summed E-state index contributed by atoms with van der Waals surface area (Å²) >= 11 is 3.45. The number of rotatable bonds is 4. The van der Waals surface area contributed by atoms with Crippen LogP contribution in [0.15, 0.2) is 41.1 Å². The number of nitrogens with zero attached hydrogens (tertiary/aromatic N) is 2. The summed E-state index contributed by atoms with van der Waals surface area (Å²) in [6, 6.07) is 8.17. The van der Waals surface area contributed by atoms with E-state index in [0.29, 0.717) is 0 Å². The van der Waals surface area contributed by atoms with Gasteiger partial charge in [0.05, 0.1) is 6.54 Å². The summed E-state index contributed by atoms with van der Waals surface area (Å²) in [5.41, 5.74) is 2.42. The molecule has 16 heavy (non-hydrogen) atoms. The van der Waals surface area contributed by atoms with E-state index >= 15 is 0 Å². The second-order valence-corrected chi connectivity index (χ2v) is 4.57. The van der Waals surface area contributed by atoms with Crippen LogP contribution in [0.2, 0.25) is 0 Å². The van der Waals surface area contributed by atoms with Gasteiger partial charge in [0.15, 0.2) is 0 Å². The van der Waals surface area contributed by atoms with Crippen LogP contribution in [0.1, 0.15) is 5.56 Å². The number of nitrogens with one attached hydrogen (secondary N) is 1. The van der Waals surface area contributed by atoms with Crippen LogP contribution in [0.3, 0.4) is 0 Å². The minimum atomic E-state index is 0.877. The monoisotopic (exact) mass is 279 g/mol. The van der Waals surface area contributed by atoms with Gasteiger partial charge in [0.25, 0.3) is 0 Å². The summed E-state index contributed by atoms with van der Waals surface area (Å²) < 4.78 is 3.03. The Kier molecular flexibility index (Phi) is 3.62. The molecule has 0 bridgehead atoms. The van der Waals surface area contributed by atoms with Crippen molar-refractivity contribution in [2.24, 2.45) is 0 Å². The average molecular weight is 280 g/mol. The van der Waals surface area contributed by atoms with Crippen LogP contribution < -0.4 is 5.32 Å². The zero-order valence-electron chi connectivity index (χ0n) is 9.15. The SMILES string of the molecule is Cc1cc(Br)ccc1NCCn1cccn1. The van der Waals surface area contributed by atoms with Gasteiger partial charge in [0, 0.05) is 29.1 Å². The predicted molar refractivity (Wildman–Crippen MR) is 69.6 cm³/mol. The number of halogens is 1. The van der Waals surface area contributed by atoms with Gasteiger partial charge in [-0.1, -0.05) is 15.9 Å². The summed E-state index contributed by atoms with van der Waals surface area (Å²) in [4.78, 5) is 0. The minimum Gasteiger partial charge on any atom is -0.383 e. The van der Waals surface area contributed by atoms with Gasteiger partial charge in [-0.05, 0) is 36.8 Å². The first-order valence-electron chi connectivity index (χ1n) is 5.23. The van der Waals surface area contributed by atoms with Crippen LogP contribution in [0.25, 0.3) is 0 Å². The Bertz CT molecular complexity index is 451. The molecule has 1 N–H and O–H groups in total. The largest absolute Gasteiger partial charge is 0.383 e. The van der Waals surface area contributed by atoms with E-state index in [9.17, 15) is 0 Å². The van der Waals surface area contributed by atoms with Gasteiger partial charge in [0.2, 0.25) is 0 Å². The van der Waals surface area contributed by atoms with Gasteiger partial charge in [-0.2, -0.15) is 5.10 Å². The highest BCUT2D eigenvalue weighted by Crippen LogP contribution is 2.19. The highest BCUT2D eigenvalue weighted by Gasteiger charge is 1.98. The first-order valence-corrected chi connectivity index (χ1v) is 6.02. The zero-order valence-corrected chi connectivity index (χ0v) is 10.7. The van der Waals surface area contributed by atoms with Crippen LogP contribution >= 0.6 is 15.9 Å². The molecule has 0 aliphatic heterocycles. The molecule has 2 rings (SSSR count). The second kappa shape index (κ2) is 5.16. The van der Waals surface area contributed by atoms with E-state index < -0.39 is 0 Å². The average Bonchev–Trinajstić information content (AvgIpc) is 2.74. The number of aromatic nitrogens is 2. The van der Waals surface area contributed by atoms with Gasteiger partial charge < -0.3 is 5.32 Å². The van der Waals surface area contributed by atoms with E-state index in [4.69, 9.17) is 0 Å². The summed E-state index contributed by atoms with van der Waals surface area (Å²) in [5.74, 6) is 0. The maximum Gasteiger partial charge on any atom is 0.0582 e. The first-order chi connectivity index (χ1) is 7.75. The predicted octanol–water partition coefficient (Wildman–Crippen LogP) is 3.07. The quantitative estimate of drug-likeness (QED) is 0.932. The van der Waals surface area contributed by atoms with E-state index in [-0.39, 0.29) is 0 Å². The maximum absolute atomic E-state index is 4.15. The lowest BCUT2D eigenvalue weighted by Gasteiger charge is -2.09. The maximum atomic E-state index is 4.15. The molecule has 0 spiro atoms. The van der Waals surface area contributed by atoms with Crippen molar-refractivity contribution in [2.45, 2.75) is 13.5 Å². The fraction of sp³-hybridized carbons (Fsp3) is 0.250. The van der Waals surface area contributed by atoms with Gasteiger partial charge in [-0.15, -0.1) is 0 Å². The van der Waals surface area contributed by atoms with E-state index in [1.54, 1.807) is 6.20 Å². The minimum absolute atomic E-state index is 0.877. The topological polar surface area (TPSA) is 29.9 Å². The Morgan fingerprint density at radius 3 is 3.00 bits per heavy atom. The molecular weight excluding hydrogens is 266 g/mol. The Labute approximate surface area is 104 Å². The molecule has 2 aromatic rings. The standard InChI is InChI=1S/C12H14BrN3/c1-10-9-11(13)3-4-12(10)14-6-8-16-7-2-5-15-16/h2-5,7,9,14H,6,8H2,1H3.